The van der Waals surface area contributed by atoms with Crippen molar-refractivity contribution in [3.05, 3.63) is 35.0 Å². The van der Waals surface area contributed by atoms with Crippen molar-refractivity contribution in [1.82, 2.24) is 4.57 Å². The molecule has 4 nitrogen and oxygen atoms in total. The van der Waals surface area contributed by atoms with E-state index in [9.17, 15) is 4.79 Å². The van der Waals surface area contributed by atoms with Crippen LogP contribution >= 0.6 is 11.6 Å². The lowest BCUT2D eigenvalue weighted by molar-refractivity contribution is -0.141. The lowest BCUT2D eigenvalue weighted by atomic mass is 10.1. The molecule has 0 saturated carbocycles. The van der Waals surface area contributed by atoms with Gasteiger partial charge in [-0.05, 0) is 37.1 Å². The van der Waals surface area contributed by atoms with Crippen molar-refractivity contribution < 1.29 is 9.53 Å². The summed E-state index contributed by atoms with van der Waals surface area (Å²) in [6, 6.07) is 5.71. The molecule has 2 N–H and O–H groups in total. The molecule has 0 fully saturated rings. The predicted molar refractivity (Wildman–Crippen MR) is 76.3 cm³/mol. The number of benzene rings is 1. The zero-order chi connectivity index (χ0) is 13.8. The van der Waals surface area contributed by atoms with Crippen LogP contribution in [0.2, 0.25) is 5.02 Å². The molecule has 0 spiro atoms. The van der Waals surface area contributed by atoms with E-state index in [1.54, 1.807) is 0 Å². The second kappa shape index (κ2) is 6.08. The molecule has 1 heterocycles. The Morgan fingerprint density at radius 1 is 1.47 bits per heavy atom. The molecule has 0 aliphatic heterocycles. The summed E-state index contributed by atoms with van der Waals surface area (Å²) < 4.78 is 6.58. The first-order valence-corrected chi connectivity index (χ1v) is 6.57. The summed E-state index contributed by atoms with van der Waals surface area (Å²) in [5.74, 6) is -0.276. The highest BCUT2D eigenvalue weighted by Crippen LogP contribution is 2.25. The maximum atomic E-state index is 11.4. The number of carbonyl (C=O) groups excluding carboxylic acids is 1. The number of aromatic nitrogens is 1. The van der Waals surface area contributed by atoms with Crippen LogP contribution in [0.15, 0.2) is 24.4 Å². The van der Waals surface area contributed by atoms with E-state index < -0.39 is 0 Å². The highest BCUT2D eigenvalue weighted by molar-refractivity contribution is 6.31. The number of fused-ring (bicyclic) bond motifs is 1. The Kier molecular flexibility index (Phi) is 4.45. The predicted octanol–water partition coefficient (Wildman–Crippen LogP) is 2.36. The third-order valence-electron chi connectivity index (χ3n) is 3.10. The van der Waals surface area contributed by atoms with Gasteiger partial charge in [0.25, 0.3) is 0 Å². The lowest BCUT2D eigenvalue weighted by Gasteiger charge is -2.03. The fourth-order valence-corrected chi connectivity index (χ4v) is 2.33. The standard InChI is InChI=1S/C14H17ClN2O2/c1-19-14(18)9-17-8-10(3-2-6-16)12-5-4-11(15)7-13(12)17/h4-5,7-8H,2-3,6,9,16H2,1H3. The number of halogens is 1. The number of hydrogen-bond donors (Lipinski definition) is 1. The first-order chi connectivity index (χ1) is 9.15. The first kappa shape index (κ1) is 13.9. The molecule has 5 heteroatoms. The van der Waals surface area contributed by atoms with Crippen LogP contribution in [0.1, 0.15) is 12.0 Å². The van der Waals surface area contributed by atoms with Crippen molar-refractivity contribution in [2.45, 2.75) is 19.4 Å². The van der Waals surface area contributed by atoms with Gasteiger partial charge in [-0.1, -0.05) is 17.7 Å². The quantitative estimate of drug-likeness (QED) is 0.856. The van der Waals surface area contributed by atoms with E-state index in [0.29, 0.717) is 11.6 Å². The number of methoxy groups -OCH3 is 1. The topological polar surface area (TPSA) is 57.2 Å². The van der Waals surface area contributed by atoms with Crippen LogP contribution in [0.3, 0.4) is 0 Å². The number of nitrogens with zero attached hydrogens (tertiary/aromatic N) is 1. The Labute approximate surface area is 117 Å². The lowest BCUT2D eigenvalue weighted by Crippen LogP contribution is -2.10. The minimum Gasteiger partial charge on any atom is -0.468 e. The number of hydrogen-bond acceptors (Lipinski definition) is 3. The zero-order valence-corrected chi connectivity index (χ0v) is 11.6. The average Bonchev–Trinajstić information content (AvgIpc) is 2.73. The van der Waals surface area contributed by atoms with Crippen LogP contribution in [-0.4, -0.2) is 24.2 Å². The van der Waals surface area contributed by atoms with Gasteiger partial charge in [0.2, 0.25) is 0 Å². The number of ether oxygens (including phenoxy) is 1. The SMILES string of the molecule is COC(=O)Cn1cc(CCCN)c2ccc(Cl)cc21. The highest BCUT2D eigenvalue weighted by atomic mass is 35.5. The fourth-order valence-electron chi connectivity index (χ4n) is 2.17. The second-order valence-corrected chi connectivity index (χ2v) is 4.85. The smallest absolute Gasteiger partial charge is 0.325 e. The summed E-state index contributed by atoms with van der Waals surface area (Å²) in [6.07, 6.45) is 3.79. The van der Waals surface area contributed by atoms with Crippen molar-refractivity contribution in [3.63, 3.8) is 0 Å². The molecule has 0 aliphatic rings. The molecule has 1 aromatic heterocycles. The maximum Gasteiger partial charge on any atom is 0.325 e. The van der Waals surface area contributed by atoms with Crippen molar-refractivity contribution in [2.75, 3.05) is 13.7 Å². The molecular weight excluding hydrogens is 264 g/mol. The van der Waals surface area contributed by atoms with E-state index in [1.165, 1.54) is 12.7 Å². The molecule has 0 atom stereocenters. The Bertz CT molecular complexity index is 592. The monoisotopic (exact) mass is 280 g/mol. The number of carbonyl (C=O) groups is 1. The molecule has 102 valence electrons. The van der Waals surface area contributed by atoms with Crippen LogP contribution in [-0.2, 0) is 22.5 Å². The van der Waals surface area contributed by atoms with Crippen LogP contribution in [0.25, 0.3) is 10.9 Å². The molecule has 0 radical (unpaired) electrons. The summed E-state index contributed by atoms with van der Waals surface area (Å²) in [4.78, 5) is 11.4. The molecule has 19 heavy (non-hydrogen) atoms. The Hall–Kier alpha value is -1.52. The van der Waals surface area contributed by atoms with E-state index in [1.807, 2.05) is 29.0 Å². The molecule has 2 aromatic rings. The van der Waals surface area contributed by atoms with Crippen LogP contribution in [0.5, 0.6) is 0 Å². The zero-order valence-electron chi connectivity index (χ0n) is 10.9. The van der Waals surface area contributed by atoms with E-state index >= 15 is 0 Å². The van der Waals surface area contributed by atoms with Gasteiger partial charge in [-0.15, -0.1) is 0 Å². The largest absolute Gasteiger partial charge is 0.468 e. The molecule has 2 rings (SSSR count). The third-order valence-corrected chi connectivity index (χ3v) is 3.34. The molecule has 0 saturated heterocycles. The number of aryl methyl sites for hydroxylation is 1. The average molecular weight is 281 g/mol. The van der Waals surface area contributed by atoms with Crippen molar-refractivity contribution in [1.29, 1.82) is 0 Å². The Morgan fingerprint density at radius 2 is 2.26 bits per heavy atom. The highest BCUT2D eigenvalue weighted by Gasteiger charge is 2.11. The molecule has 0 unspecified atom stereocenters. The summed E-state index contributed by atoms with van der Waals surface area (Å²) in [7, 11) is 1.39. The van der Waals surface area contributed by atoms with Gasteiger partial charge in [-0.2, -0.15) is 0 Å². The molecular formula is C14H17ClN2O2. The van der Waals surface area contributed by atoms with Gasteiger partial charge < -0.3 is 15.0 Å². The van der Waals surface area contributed by atoms with E-state index in [4.69, 9.17) is 22.1 Å². The van der Waals surface area contributed by atoms with Gasteiger partial charge in [-0.3, -0.25) is 4.79 Å². The van der Waals surface area contributed by atoms with Crippen molar-refractivity contribution in [2.24, 2.45) is 5.73 Å². The third kappa shape index (κ3) is 3.08. The minimum atomic E-state index is -0.276. The fraction of sp³-hybridized carbons (Fsp3) is 0.357. The van der Waals surface area contributed by atoms with Gasteiger partial charge in [0.15, 0.2) is 0 Å². The summed E-state index contributed by atoms with van der Waals surface area (Å²) in [6.45, 7) is 0.841. The molecule has 1 aromatic carbocycles. The number of nitrogens with two attached hydrogens (primary N) is 1. The minimum absolute atomic E-state index is 0.190. The van der Waals surface area contributed by atoms with Gasteiger partial charge in [-0.25, -0.2) is 0 Å². The van der Waals surface area contributed by atoms with Gasteiger partial charge in [0, 0.05) is 16.6 Å². The number of rotatable bonds is 5. The second-order valence-electron chi connectivity index (χ2n) is 4.41. The van der Waals surface area contributed by atoms with Gasteiger partial charge in [0.05, 0.1) is 12.6 Å². The molecule has 0 amide bonds. The van der Waals surface area contributed by atoms with Gasteiger partial charge >= 0.3 is 5.97 Å². The van der Waals surface area contributed by atoms with Crippen LogP contribution < -0.4 is 5.73 Å². The van der Waals surface area contributed by atoms with Gasteiger partial charge in [0.1, 0.15) is 6.54 Å². The molecule has 0 bridgehead atoms. The van der Waals surface area contributed by atoms with Crippen LogP contribution in [0.4, 0.5) is 0 Å². The maximum absolute atomic E-state index is 11.4. The molecule has 0 aliphatic carbocycles. The van der Waals surface area contributed by atoms with E-state index in [0.717, 1.165) is 23.7 Å². The summed E-state index contributed by atoms with van der Waals surface area (Å²) in [5, 5.41) is 1.77. The van der Waals surface area contributed by atoms with Crippen molar-refractivity contribution >= 4 is 28.5 Å². The van der Waals surface area contributed by atoms with E-state index in [2.05, 4.69) is 0 Å². The first-order valence-electron chi connectivity index (χ1n) is 6.20. The Balaban J connectivity index is 2.43. The van der Waals surface area contributed by atoms with E-state index in [-0.39, 0.29) is 12.5 Å². The number of esters is 1. The van der Waals surface area contributed by atoms with Crippen molar-refractivity contribution in [3.8, 4) is 0 Å². The summed E-state index contributed by atoms with van der Waals surface area (Å²) >= 11 is 6.03. The summed E-state index contributed by atoms with van der Waals surface area (Å²) in [5.41, 5.74) is 7.68. The Morgan fingerprint density at radius 3 is 2.95 bits per heavy atom. The van der Waals surface area contributed by atoms with Crippen LogP contribution in [0, 0.1) is 0 Å². The normalized spacial score (nSPS) is 10.9.